The topological polar surface area (TPSA) is 67.9 Å². The van der Waals surface area contributed by atoms with Crippen molar-refractivity contribution in [3.05, 3.63) is 0 Å². The number of alkyl carbamates (subject to hydrolysis) is 1. The predicted octanol–water partition coefficient (Wildman–Crippen LogP) is 1.90. The van der Waals surface area contributed by atoms with Crippen molar-refractivity contribution < 1.29 is 23.6 Å². The van der Waals surface area contributed by atoms with Crippen molar-refractivity contribution in [2.24, 2.45) is 5.92 Å². The molecule has 2 amide bonds. The second-order valence-electron chi connectivity index (χ2n) is 5.64. The zero-order chi connectivity index (χ0) is 15.9. The van der Waals surface area contributed by atoms with Gasteiger partial charge in [0.2, 0.25) is 5.91 Å². The maximum absolute atomic E-state index is 13.7. The van der Waals surface area contributed by atoms with Crippen molar-refractivity contribution in [1.82, 2.24) is 10.4 Å². The van der Waals surface area contributed by atoms with Gasteiger partial charge in [0.05, 0.1) is 13.7 Å². The van der Waals surface area contributed by atoms with E-state index in [1.165, 1.54) is 14.2 Å². The molecule has 0 fully saturated rings. The molecule has 0 bridgehead atoms. The highest BCUT2D eigenvalue weighted by Crippen LogP contribution is 2.12. The number of alkyl halides is 1. The summed E-state index contributed by atoms with van der Waals surface area (Å²) in [5.74, 6) is -0.845. The molecule has 0 heterocycles. The zero-order valence-electron chi connectivity index (χ0n) is 13.0. The molecule has 0 aliphatic rings. The standard InChI is InChI=1S/C13H25FN2O4/c1-9(11(17)16(5)19-6)7-10(14)8-15-12(18)20-13(2,3)4/h9-10H,7-8H2,1-6H3,(H,15,18)/t9-,10+/m0/s1. The Balaban J connectivity index is 4.08. The van der Waals surface area contributed by atoms with Gasteiger partial charge >= 0.3 is 6.09 Å². The van der Waals surface area contributed by atoms with Gasteiger partial charge in [0.25, 0.3) is 0 Å². The maximum Gasteiger partial charge on any atom is 0.407 e. The lowest BCUT2D eigenvalue weighted by atomic mass is 10.0. The first-order valence-electron chi connectivity index (χ1n) is 6.49. The maximum atomic E-state index is 13.7. The summed E-state index contributed by atoms with van der Waals surface area (Å²) in [5, 5.41) is 3.39. The van der Waals surface area contributed by atoms with Crippen LogP contribution in [-0.4, -0.2) is 49.5 Å². The third-order valence-corrected chi connectivity index (χ3v) is 2.48. The lowest BCUT2D eigenvalue weighted by Crippen LogP contribution is -2.37. The van der Waals surface area contributed by atoms with Crippen molar-refractivity contribution in [3.8, 4) is 0 Å². The van der Waals surface area contributed by atoms with E-state index in [0.717, 1.165) is 5.06 Å². The van der Waals surface area contributed by atoms with Crippen LogP contribution in [-0.2, 0) is 14.4 Å². The molecule has 1 N–H and O–H groups in total. The number of hydrogen-bond acceptors (Lipinski definition) is 4. The number of nitrogens with zero attached hydrogens (tertiary/aromatic N) is 1. The average Bonchev–Trinajstić information content (AvgIpc) is 2.32. The van der Waals surface area contributed by atoms with E-state index in [1.54, 1.807) is 27.7 Å². The molecule has 2 atom stereocenters. The van der Waals surface area contributed by atoms with Gasteiger partial charge in [0.15, 0.2) is 0 Å². The number of carbonyl (C=O) groups is 2. The number of hydroxylamine groups is 2. The molecule has 0 spiro atoms. The van der Waals surface area contributed by atoms with E-state index < -0.39 is 23.8 Å². The van der Waals surface area contributed by atoms with Crippen molar-refractivity contribution in [2.45, 2.75) is 45.9 Å². The van der Waals surface area contributed by atoms with Gasteiger partial charge in [-0.25, -0.2) is 14.2 Å². The van der Waals surface area contributed by atoms with Crippen LogP contribution >= 0.6 is 0 Å². The van der Waals surface area contributed by atoms with Crippen LogP contribution in [0.4, 0.5) is 9.18 Å². The van der Waals surface area contributed by atoms with Gasteiger partial charge in [-0.3, -0.25) is 9.63 Å². The zero-order valence-corrected chi connectivity index (χ0v) is 13.0. The van der Waals surface area contributed by atoms with Gasteiger partial charge in [-0.15, -0.1) is 0 Å². The summed E-state index contributed by atoms with van der Waals surface area (Å²) in [7, 11) is 2.83. The molecule has 0 aromatic carbocycles. The van der Waals surface area contributed by atoms with Gasteiger partial charge in [-0.05, 0) is 27.2 Å². The summed E-state index contributed by atoms with van der Waals surface area (Å²) in [5.41, 5.74) is -0.625. The molecule has 7 heteroatoms. The molecule has 0 saturated heterocycles. The Bertz CT molecular complexity index is 331. The Morgan fingerprint density at radius 2 is 1.90 bits per heavy atom. The second kappa shape index (κ2) is 8.04. The van der Waals surface area contributed by atoms with Crippen LogP contribution in [0.5, 0.6) is 0 Å². The molecule has 20 heavy (non-hydrogen) atoms. The molecule has 0 aliphatic carbocycles. The highest BCUT2D eigenvalue weighted by Gasteiger charge is 2.23. The van der Waals surface area contributed by atoms with E-state index in [0.29, 0.717) is 0 Å². The molecule has 0 rings (SSSR count). The summed E-state index contributed by atoms with van der Waals surface area (Å²) in [4.78, 5) is 27.7. The van der Waals surface area contributed by atoms with Crippen LogP contribution < -0.4 is 5.32 Å². The third-order valence-electron chi connectivity index (χ3n) is 2.48. The fourth-order valence-electron chi connectivity index (χ4n) is 1.48. The Kier molecular flexibility index (Phi) is 7.49. The minimum atomic E-state index is -1.33. The quantitative estimate of drug-likeness (QED) is 0.759. The third kappa shape index (κ3) is 7.93. The molecular weight excluding hydrogens is 267 g/mol. The molecule has 118 valence electrons. The minimum Gasteiger partial charge on any atom is -0.444 e. The smallest absolute Gasteiger partial charge is 0.407 e. The first-order chi connectivity index (χ1) is 9.06. The first-order valence-corrected chi connectivity index (χ1v) is 6.49. The van der Waals surface area contributed by atoms with E-state index in [9.17, 15) is 14.0 Å². The second-order valence-corrected chi connectivity index (χ2v) is 5.64. The van der Waals surface area contributed by atoms with Gasteiger partial charge < -0.3 is 10.1 Å². The highest BCUT2D eigenvalue weighted by atomic mass is 19.1. The van der Waals surface area contributed by atoms with Crippen molar-refractivity contribution in [2.75, 3.05) is 20.7 Å². The van der Waals surface area contributed by atoms with E-state index in [1.807, 2.05) is 0 Å². The van der Waals surface area contributed by atoms with Gasteiger partial charge in [-0.1, -0.05) is 6.92 Å². The van der Waals surface area contributed by atoms with Gasteiger partial charge in [0.1, 0.15) is 11.8 Å². The lowest BCUT2D eigenvalue weighted by molar-refractivity contribution is -0.173. The summed E-state index contributed by atoms with van der Waals surface area (Å²) < 4.78 is 18.7. The number of carbonyl (C=O) groups excluding carboxylic acids is 2. The predicted molar refractivity (Wildman–Crippen MR) is 72.7 cm³/mol. The molecule has 0 radical (unpaired) electrons. The SMILES string of the molecule is CON(C)C(=O)[C@@H](C)C[C@@H](F)CNC(=O)OC(C)(C)C. The summed E-state index contributed by atoms with van der Waals surface area (Å²) in [6.07, 6.45) is -2.00. The van der Waals surface area contributed by atoms with E-state index in [2.05, 4.69) is 5.32 Å². The van der Waals surface area contributed by atoms with Crippen molar-refractivity contribution >= 4 is 12.0 Å². The Morgan fingerprint density at radius 1 is 1.35 bits per heavy atom. The summed E-state index contributed by atoms with van der Waals surface area (Å²) in [6, 6.07) is 0. The number of amides is 2. The normalized spacial score (nSPS) is 14.3. The highest BCUT2D eigenvalue weighted by molar-refractivity contribution is 5.77. The summed E-state index contributed by atoms with van der Waals surface area (Å²) >= 11 is 0. The van der Waals surface area contributed by atoms with Crippen LogP contribution in [0.15, 0.2) is 0 Å². The van der Waals surface area contributed by atoms with Crippen LogP contribution in [0.25, 0.3) is 0 Å². The van der Waals surface area contributed by atoms with Gasteiger partial charge in [0, 0.05) is 13.0 Å². The Hall–Kier alpha value is -1.37. The monoisotopic (exact) mass is 292 g/mol. The molecule has 6 nitrogen and oxygen atoms in total. The Morgan fingerprint density at radius 3 is 2.35 bits per heavy atom. The first kappa shape index (κ1) is 18.6. The molecular formula is C13H25FN2O4. The van der Waals surface area contributed by atoms with Crippen LogP contribution in [0.1, 0.15) is 34.1 Å². The fraction of sp³-hybridized carbons (Fsp3) is 0.846. The number of halogens is 1. The van der Waals surface area contributed by atoms with Crippen molar-refractivity contribution in [3.63, 3.8) is 0 Å². The number of hydrogen-bond donors (Lipinski definition) is 1. The molecule has 0 unspecified atom stereocenters. The van der Waals surface area contributed by atoms with Gasteiger partial charge in [-0.2, -0.15) is 0 Å². The average molecular weight is 292 g/mol. The number of nitrogens with one attached hydrogen (secondary N) is 1. The number of ether oxygens (including phenoxy) is 1. The molecule has 0 aliphatic heterocycles. The molecule has 0 aromatic heterocycles. The van der Waals surface area contributed by atoms with Crippen LogP contribution in [0.2, 0.25) is 0 Å². The van der Waals surface area contributed by atoms with Crippen LogP contribution in [0.3, 0.4) is 0 Å². The van der Waals surface area contributed by atoms with Crippen molar-refractivity contribution in [1.29, 1.82) is 0 Å². The lowest BCUT2D eigenvalue weighted by Gasteiger charge is -2.22. The minimum absolute atomic E-state index is 0.00231. The van der Waals surface area contributed by atoms with Crippen LogP contribution in [0, 0.1) is 5.92 Å². The number of rotatable bonds is 6. The van der Waals surface area contributed by atoms with E-state index in [-0.39, 0.29) is 18.9 Å². The largest absolute Gasteiger partial charge is 0.444 e. The fourth-order valence-corrected chi connectivity index (χ4v) is 1.48. The molecule has 0 aromatic rings. The summed E-state index contributed by atoms with van der Waals surface area (Å²) in [6.45, 7) is 6.59. The van der Waals surface area contributed by atoms with E-state index in [4.69, 9.17) is 9.57 Å². The molecule has 0 saturated carbocycles. The van der Waals surface area contributed by atoms with E-state index >= 15 is 0 Å². The Labute approximate surface area is 119 Å².